The molecule has 0 spiro atoms. The van der Waals surface area contributed by atoms with Gasteiger partial charge in [-0.2, -0.15) is 0 Å². The number of amides is 1. The van der Waals surface area contributed by atoms with Crippen LogP contribution in [0, 0.1) is 5.82 Å². The number of fused-ring (bicyclic) bond motifs is 1. The number of para-hydroxylation sites is 1. The van der Waals surface area contributed by atoms with Crippen LogP contribution in [0.1, 0.15) is 17.9 Å². The average molecular weight is 195 g/mol. The lowest BCUT2D eigenvalue weighted by molar-refractivity contribution is -0.117. The van der Waals surface area contributed by atoms with Gasteiger partial charge >= 0.3 is 0 Å². The number of anilines is 1. The third-order valence-corrected chi connectivity index (χ3v) is 2.40. The summed E-state index contributed by atoms with van der Waals surface area (Å²) < 4.78 is 13.2. The van der Waals surface area contributed by atoms with E-state index >= 15 is 0 Å². The van der Waals surface area contributed by atoms with Gasteiger partial charge in [0.2, 0.25) is 5.91 Å². The van der Waals surface area contributed by atoms with Crippen LogP contribution in [0.25, 0.3) is 0 Å². The zero-order chi connectivity index (χ0) is 10.1. The van der Waals surface area contributed by atoms with Gasteiger partial charge in [0.1, 0.15) is 5.82 Å². The number of hydrogen-bond donors (Lipinski definition) is 2. The molecular weight excluding hydrogens is 185 g/mol. The number of benzene rings is 1. The summed E-state index contributed by atoms with van der Waals surface area (Å²) in [4.78, 5) is 11.4. The molecule has 0 saturated carbocycles. The van der Waals surface area contributed by atoms with Crippen molar-refractivity contribution in [2.45, 2.75) is 12.3 Å². The zero-order valence-corrected chi connectivity index (χ0v) is 7.46. The number of nitrogens with one attached hydrogen (secondary N) is 1. The summed E-state index contributed by atoms with van der Waals surface area (Å²) in [5.41, 5.74) is 0.903. The van der Waals surface area contributed by atoms with Crippen molar-refractivity contribution in [3.05, 3.63) is 29.6 Å². The van der Waals surface area contributed by atoms with Crippen molar-refractivity contribution >= 4 is 11.6 Å². The van der Waals surface area contributed by atoms with Crippen LogP contribution in [-0.2, 0) is 4.79 Å². The molecule has 0 radical (unpaired) electrons. The molecule has 1 aliphatic rings. The third-order valence-electron chi connectivity index (χ3n) is 2.40. The molecular formula is C10H10FNO2. The number of halogens is 1. The number of aliphatic hydroxyl groups excluding tert-OH is 1. The topological polar surface area (TPSA) is 49.3 Å². The Labute approximate surface area is 80.6 Å². The summed E-state index contributed by atoms with van der Waals surface area (Å²) in [7, 11) is 0. The maximum Gasteiger partial charge on any atom is 0.232 e. The van der Waals surface area contributed by atoms with E-state index < -0.39 is 11.7 Å². The van der Waals surface area contributed by atoms with Crippen LogP contribution in [0.4, 0.5) is 10.1 Å². The molecule has 3 nitrogen and oxygen atoms in total. The molecule has 0 bridgehead atoms. The second-order valence-corrected chi connectivity index (χ2v) is 3.26. The summed E-state index contributed by atoms with van der Waals surface area (Å²) in [6, 6.07) is 4.58. The molecule has 1 aromatic carbocycles. The van der Waals surface area contributed by atoms with E-state index in [4.69, 9.17) is 5.11 Å². The molecule has 0 aliphatic carbocycles. The summed E-state index contributed by atoms with van der Waals surface area (Å²) in [5, 5.41) is 11.2. The first-order valence-electron chi connectivity index (χ1n) is 4.44. The van der Waals surface area contributed by atoms with Gasteiger partial charge in [-0.25, -0.2) is 4.39 Å². The molecule has 1 heterocycles. The van der Waals surface area contributed by atoms with Crippen LogP contribution in [0.15, 0.2) is 18.2 Å². The fourth-order valence-corrected chi connectivity index (χ4v) is 1.73. The second-order valence-electron chi connectivity index (χ2n) is 3.26. The van der Waals surface area contributed by atoms with E-state index in [0.29, 0.717) is 12.0 Å². The maximum absolute atomic E-state index is 13.2. The molecule has 1 aromatic rings. The molecule has 74 valence electrons. The normalized spacial score (nSPS) is 19.3. The van der Waals surface area contributed by atoms with Crippen molar-refractivity contribution in [1.82, 2.24) is 0 Å². The van der Waals surface area contributed by atoms with Crippen LogP contribution < -0.4 is 5.32 Å². The van der Waals surface area contributed by atoms with Gasteiger partial charge in [-0.1, -0.05) is 12.1 Å². The molecule has 2 N–H and O–H groups in total. The first-order valence-corrected chi connectivity index (χ1v) is 4.44. The Morgan fingerprint density at radius 2 is 2.29 bits per heavy atom. The molecule has 1 aliphatic heterocycles. The van der Waals surface area contributed by atoms with Gasteiger partial charge in [0.15, 0.2) is 0 Å². The van der Waals surface area contributed by atoms with E-state index in [9.17, 15) is 9.18 Å². The van der Waals surface area contributed by atoms with E-state index in [1.807, 2.05) is 0 Å². The fraction of sp³-hybridized carbons (Fsp3) is 0.300. The molecule has 0 fully saturated rings. The largest absolute Gasteiger partial charge is 0.396 e. The molecule has 1 unspecified atom stereocenters. The Morgan fingerprint density at radius 3 is 3.00 bits per heavy atom. The standard InChI is InChI=1S/C10H10FNO2/c11-8-3-1-2-6-7(4-5-13)10(14)12-9(6)8/h1-3,7,13H,4-5H2,(H,12,14). The molecule has 0 aromatic heterocycles. The Bertz CT molecular complexity index is 378. The fourth-order valence-electron chi connectivity index (χ4n) is 1.73. The summed E-state index contributed by atoms with van der Waals surface area (Å²) in [6.07, 6.45) is 0.336. The van der Waals surface area contributed by atoms with Crippen molar-refractivity contribution in [3.8, 4) is 0 Å². The van der Waals surface area contributed by atoms with Crippen LogP contribution in [-0.4, -0.2) is 17.6 Å². The van der Waals surface area contributed by atoms with Crippen molar-refractivity contribution in [1.29, 1.82) is 0 Å². The highest BCUT2D eigenvalue weighted by molar-refractivity contribution is 6.02. The highest BCUT2D eigenvalue weighted by Gasteiger charge is 2.31. The van der Waals surface area contributed by atoms with Crippen molar-refractivity contribution in [2.24, 2.45) is 0 Å². The molecule has 0 saturated heterocycles. The lowest BCUT2D eigenvalue weighted by atomic mass is 9.98. The first-order chi connectivity index (χ1) is 6.74. The molecule has 4 heteroatoms. The Balaban J connectivity index is 2.42. The quantitative estimate of drug-likeness (QED) is 0.746. The highest BCUT2D eigenvalue weighted by atomic mass is 19.1. The average Bonchev–Trinajstić information content (AvgIpc) is 2.47. The summed E-state index contributed by atoms with van der Waals surface area (Å²) >= 11 is 0. The third kappa shape index (κ3) is 1.28. The Hall–Kier alpha value is -1.42. The Kier molecular flexibility index (Phi) is 2.21. The number of hydrogen-bond acceptors (Lipinski definition) is 2. The van der Waals surface area contributed by atoms with E-state index in [-0.39, 0.29) is 18.2 Å². The van der Waals surface area contributed by atoms with Gasteiger partial charge in [-0.05, 0) is 18.1 Å². The second kappa shape index (κ2) is 3.38. The predicted molar refractivity (Wildman–Crippen MR) is 49.5 cm³/mol. The van der Waals surface area contributed by atoms with E-state index in [2.05, 4.69) is 5.32 Å². The zero-order valence-electron chi connectivity index (χ0n) is 7.46. The number of rotatable bonds is 2. The van der Waals surface area contributed by atoms with Gasteiger partial charge in [-0.3, -0.25) is 4.79 Å². The minimum atomic E-state index is -0.420. The number of carbonyl (C=O) groups excluding carboxylic acids is 1. The van der Waals surface area contributed by atoms with Crippen molar-refractivity contribution in [3.63, 3.8) is 0 Å². The van der Waals surface area contributed by atoms with Gasteiger partial charge in [0, 0.05) is 6.61 Å². The van der Waals surface area contributed by atoms with Crippen molar-refractivity contribution in [2.75, 3.05) is 11.9 Å². The monoisotopic (exact) mass is 195 g/mol. The lowest BCUT2D eigenvalue weighted by Crippen LogP contribution is -2.13. The first kappa shape index (κ1) is 9.15. The maximum atomic E-state index is 13.2. The summed E-state index contributed by atoms with van der Waals surface area (Å²) in [5.74, 6) is -1.07. The minimum Gasteiger partial charge on any atom is -0.396 e. The molecule has 1 atom stereocenters. The van der Waals surface area contributed by atoms with E-state index in [1.165, 1.54) is 6.07 Å². The van der Waals surface area contributed by atoms with Crippen LogP contribution >= 0.6 is 0 Å². The lowest BCUT2D eigenvalue weighted by Gasteiger charge is -2.05. The molecule has 14 heavy (non-hydrogen) atoms. The van der Waals surface area contributed by atoms with E-state index in [0.717, 1.165) is 0 Å². The van der Waals surface area contributed by atoms with Crippen LogP contribution in [0.5, 0.6) is 0 Å². The van der Waals surface area contributed by atoms with Gasteiger partial charge in [0.25, 0.3) is 0 Å². The minimum absolute atomic E-state index is 0.0754. The number of aliphatic hydroxyl groups is 1. The molecule has 1 amide bonds. The van der Waals surface area contributed by atoms with Gasteiger partial charge < -0.3 is 10.4 Å². The highest BCUT2D eigenvalue weighted by Crippen LogP contribution is 2.35. The summed E-state index contributed by atoms with van der Waals surface area (Å²) in [6.45, 7) is -0.0754. The van der Waals surface area contributed by atoms with Crippen LogP contribution in [0.2, 0.25) is 0 Å². The predicted octanol–water partition coefficient (Wildman–Crippen LogP) is 1.24. The molecule has 2 rings (SSSR count). The number of carbonyl (C=O) groups is 1. The van der Waals surface area contributed by atoms with Gasteiger partial charge in [0.05, 0.1) is 11.6 Å². The van der Waals surface area contributed by atoms with Crippen LogP contribution in [0.3, 0.4) is 0 Å². The van der Waals surface area contributed by atoms with E-state index in [1.54, 1.807) is 12.1 Å². The van der Waals surface area contributed by atoms with Gasteiger partial charge in [-0.15, -0.1) is 0 Å². The SMILES string of the molecule is O=C1Nc2c(F)cccc2C1CCO. The van der Waals surface area contributed by atoms with Crippen molar-refractivity contribution < 1.29 is 14.3 Å². The Morgan fingerprint density at radius 1 is 1.50 bits per heavy atom. The smallest absolute Gasteiger partial charge is 0.232 e.